The summed E-state index contributed by atoms with van der Waals surface area (Å²) in [6.07, 6.45) is 3.60. The third kappa shape index (κ3) is 3.79. The number of nitrogens with zero attached hydrogens (tertiary/aromatic N) is 1. The first-order valence-corrected chi connectivity index (χ1v) is 6.45. The van der Waals surface area contributed by atoms with E-state index in [9.17, 15) is 4.39 Å². The van der Waals surface area contributed by atoms with Gasteiger partial charge in [-0.1, -0.05) is 12.1 Å². The zero-order chi connectivity index (χ0) is 12.1. The monoisotopic (exact) mass is 236 g/mol. The van der Waals surface area contributed by atoms with E-state index in [0.717, 1.165) is 44.1 Å². The third-order valence-corrected chi connectivity index (χ3v) is 3.58. The maximum Gasteiger partial charge on any atom is 0.123 e. The molecular weight excluding hydrogens is 215 g/mol. The molecule has 94 valence electrons. The van der Waals surface area contributed by atoms with Crippen molar-refractivity contribution in [2.75, 3.05) is 19.6 Å². The van der Waals surface area contributed by atoms with Crippen molar-refractivity contribution in [1.29, 1.82) is 0 Å². The van der Waals surface area contributed by atoms with Crippen LogP contribution in [-0.2, 0) is 6.54 Å². The molecule has 2 N–H and O–H groups in total. The molecule has 2 nitrogen and oxygen atoms in total. The van der Waals surface area contributed by atoms with Gasteiger partial charge in [0.2, 0.25) is 0 Å². The molecule has 0 aliphatic carbocycles. The van der Waals surface area contributed by atoms with Crippen molar-refractivity contribution in [3.05, 3.63) is 35.6 Å². The van der Waals surface area contributed by atoms with Crippen molar-refractivity contribution in [3.8, 4) is 0 Å². The molecule has 17 heavy (non-hydrogen) atoms. The molecule has 0 bridgehead atoms. The number of hydrogen-bond acceptors (Lipinski definition) is 2. The van der Waals surface area contributed by atoms with Gasteiger partial charge in [-0.2, -0.15) is 0 Å². The maximum atomic E-state index is 13.1. The van der Waals surface area contributed by atoms with E-state index in [1.165, 1.54) is 18.9 Å². The second kappa shape index (κ2) is 6.12. The number of likely N-dealkylation sites (tertiary alicyclic amines) is 1. The Morgan fingerprint density at radius 2 is 2.06 bits per heavy atom. The van der Waals surface area contributed by atoms with E-state index in [-0.39, 0.29) is 5.82 Å². The molecule has 1 aromatic carbocycles. The summed E-state index contributed by atoms with van der Waals surface area (Å²) in [4.78, 5) is 2.40. The minimum Gasteiger partial charge on any atom is -0.330 e. The quantitative estimate of drug-likeness (QED) is 0.869. The van der Waals surface area contributed by atoms with Crippen molar-refractivity contribution < 1.29 is 4.39 Å². The minimum atomic E-state index is -0.138. The fourth-order valence-corrected chi connectivity index (χ4v) is 2.56. The smallest absolute Gasteiger partial charge is 0.123 e. The zero-order valence-corrected chi connectivity index (χ0v) is 10.2. The standard InChI is InChI=1S/C14H21FN2/c15-14-3-1-2-13(10-14)11-17-8-5-12(4-7-16)6-9-17/h1-3,10,12H,4-9,11,16H2. The van der Waals surface area contributed by atoms with Gasteiger partial charge in [0.05, 0.1) is 0 Å². The molecule has 0 amide bonds. The molecule has 0 saturated carbocycles. The normalized spacial score (nSPS) is 18.5. The Hall–Kier alpha value is -0.930. The number of rotatable bonds is 4. The van der Waals surface area contributed by atoms with Crippen LogP contribution in [0.25, 0.3) is 0 Å². The number of hydrogen-bond donors (Lipinski definition) is 1. The third-order valence-electron chi connectivity index (χ3n) is 3.58. The van der Waals surface area contributed by atoms with Crippen LogP contribution in [0.1, 0.15) is 24.8 Å². The Kier molecular flexibility index (Phi) is 4.51. The van der Waals surface area contributed by atoms with E-state index < -0.39 is 0 Å². The molecule has 0 atom stereocenters. The van der Waals surface area contributed by atoms with Gasteiger partial charge in [-0.3, -0.25) is 4.90 Å². The van der Waals surface area contributed by atoms with Crippen molar-refractivity contribution in [3.63, 3.8) is 0 Å². The summed E-state index contributed by atoms with van der Waals surface area (Å²) in [5, 5.41) is 0. The Balaban J connectivity index is 1.82. The molecule has 1 fully saturated rings. The Morgan fingerprint density at radius 3 is 2.71 bits per heavy atom. The highest BCUT2D eigenvalue weighted by molar-refractivity contribution is 5.16. The van der Waals surface area contributed by atoms with Crippen LogP contribution >= 0.6 is 0 Å². The fraction of sp³-hybridized carbons (Fsp3) is 0.571. The average molecular weight is 236 g/mol. The van der Waals surface area contributed by atoms with Crippen molar-refractivity contribution >= 4 is 0 Å². The van der Waals surface area contributed by atoms with Gasteiger partial charge >= 0.3 is 0 Å². The highest BCUT2D eigenvalue weighted by Gasteiger charge is 2.18. The molecule has 1 heterocycles. The zero-order valence-electron chi connectivity index (χ0n) is 10.2. The molecule has 0 unspecified atom stereocenters. The maximum absolute atomic E-state index is 13.1. The van der Waals surface area contributed by atoms with Gasteiger partial charge in [-0.05, 0) is 62.5 Å². The van der Waals surface area contributed by atoms with E-state index in [1.807, 2.05) is 6.07 Å². The topological polar surface area (TPSA) is 29.3 Å². The first kappa shape index (κ1) is 12.5. The summed E-state index contributed by atoms with van der Waals surface area (Å²) in [7, 11) is 0. The summed E-state index contributed by atoms with van der Waals surface area (Å²) in [5.41, 5.74) is 6.65. The van der Waals surface area contributed by atoms with Crippen LogP contribution in [0, 0.1) is 11.7 Å². The molecular formula is C14H21FN2. The van der Waals surface area contributed by atoms with Crippen molar-refractivity contribution in [1.82, 2.24) is 4.90 Å². The Bertz CT molecular complexity index is 346. The first-order chi connectivity index (χ1) is 8.28. The lowest BCUT2D eigenvalue weighted by atomic mass is 9.93. The minimum absolute atomic E-state index is 0.138. The van der Waals surface area contributed by atoms with Crippen LogP contribution in [-0.4, -0.2) is 24.5 Å². The molecule has 1 aromatic rings. The number of halogens is 1. The van der Waals surface area contributed by atoms with E-state index in [1.54, 1.807) is 12.1 Å². The molecule has 2 rings (SSSR count). The highest BCUT2D eigenvalue weighted by Crippen LogP contribution is 2.21. The first-order valence-electron chi connectivity index (χ1n) is 6.45. The van der Waals surface area contributed by atoms with E-state index in [0.29, 0.717) is 0 Å². The van der Waals surface area contributed by atoms with Gasteiger partial charge in [0.25, 0.3) is 0 Å². The lowest BCUT2D eigenvalue weighted by Crippen LogP contribution is -2.33. The van der Waals surface area contributed by atoms with Crippen molar-refractivity contribution in [2.45, 2.75) is 25.8 Å². The summed E-state index contributed by atoms with van der Waals surface area (Å²) in [6, 6.07) is 6.91. The lowest BCUT2D eigenvalue weighted by molar-refractivity contribution is 0.173. The second-order valence-corrected chi connectivity index (χ2v) is 4.93. The predicted molar refractivity (Wildman–Crippen MR) is 68.1 cm³/mol. The lowest BCUT2D eigenvalue weighted by Gasteiger charge is -2.31. The number of benzene rings is 1. The summed E-state index contributed by atoms with van der Waals surface area (Å²) in [5.74, 6) is 0.657. The predicted octanol–water partition coefficient (Wildman–Crippen LogP) is 2.39. The summed E-state index contributed by atoms with van der Waals surface area (Å²) in [6.45, 7) is 3.89. The van der Waals surface area contributed by atoms with Gasteiger partial charge in [-0.15, -0.1) is 0 Å². The van der Waals surface area contributed by atoms with Gasteiger partial charge in [-0.25, -0.2) is 4.39 Å². The second-order valence-electron chi connectivity index (χ2n) is 4.93. The molecule has 3 heteroatoms. The van der Waals surface area contributed by atoms with Gasteiger partial charge < -0.3 is 5.73 Å². The highest BCUT2D eigenvalue weighted by atomic mass is 19.1. The molecule has 0 aromatic heterocycles. The number of nitrogens with two attached hydrogens (primary N) is 1. The van der Waals surface area contributed by atoms with Gasteiger partial charge in [0, 0.05) is 6.54 Å². The van der Waals surface area contributed by atoms with Gasteiger partial charge in [0.15, 0.2) is 0 Å². The van der Waals surface area contributed by atoms with E-state index in [4.69, 9.17) is 5.73 Å². The van der Waals surface area contributed by atoms with Crippen LogP contribution in [0.5, 0.6) is 0 Å². The van der Waals surface area contributed by atoms with Crippen LogP contribution in [0.15, 0.2) is 24.3 Å². The van der Waals surface area contributed by atoms with Crippen molar-refractivity contribution in [2.24, 2.45) is 11.7 Å². The molecule has 0 spiro atoms. The molecule has 1 aliphatic rings. The van der Waals surface area contributed by atoms with Crippen LogP contribution in [0.2, 0.25) is 0 Å². The Morgan fingerprint density at radius 1 is 1.29 bits per heavy atom. The molecule has 1 saturated heterocycles. The fourth-order valence-electron chi connectivity index (χ4n) is 2.56. The van der Waals surface area contributed by atoms with Crippen LogP contribution in [0.3, 0.4) is 0 Å². The number of piperidine rings is 1. The molecule has 1 aliphatic heterocycles. The summed E-state index contributed by atoms with van der Waals surface area (Å²) >= 11 is 0. The molecule has 0 radical (unpaired) electrons. The van der Waals surface area contributed by atoms with E-state index in [2.05, 4.69) is 4.90 Å². The summed E-state index contributed by atoms with van der Waals surface area (Å²) < 4.78 is 13.1. The van der Waals surface area contributed by atoms with E-state index >= 15 is 0 Å². The van der Waals surface area contributed by atoms with Crippen LogP contribution < -0.4 is 5.73 Å². The largest absolute Gasteiger partial charge is 0.330 e. The van der Waals surface area contributed by atoms with Crippen LogP contribution in [0.4, 0.5) is 4.39 Å². The average Bonchev–Trinajstić information content (AvgIpc) is 2.32. The SMILES string of the molecule is NCCC1CCN(Cc2cccc(F)c2)CC1. The Labute approximate surface area is 103 Å². The van der Waals surface area contributed by atoms with Gasteiger partial charge in [0.1, 0.15) is 5.82 Å².